The number of nitrogens with one attached hydrogen (secondary N) is 1. The molecule has 1 atom stereocenters. The number of hydrogen-bond donors (Lipinski definition) is 1. The third-order valence-corrected chi connectivity index (χ3v) is 4.06. The highest BCUT2D eigenvalue weighted by atomic mass is 35.5. The monoisotopic (exact) mass is 315 g/mol. The zero-order valence-corrected chi connectivity index (χ0v) is 14.6. The van der Waals surface area contributed by atoms with E-state index in [1.54, 1.807) is 0 Å². The number of aromatic nitrogens is 3. The second-order valence-corrected chi connectivity index (χ2v) is 6.72. The molecule has 1 N–H and O–H groups in total. The molecule has 1 aliphatic heterocycles. The summed E-state index contributed by atoms with van der Waals surface area (Å²) in [7, 11) is 0. The maximum absolute atomic E-state index is 4.34. The van der Waals surface area contributed by atoms with Crippen molar-refractivity contribution in [2.24, 2.45) is 0 Å². The summed E-state index contributed by atoms with van der Waals surface area (Å²) in [5.74, 6) is 0. The second-order valence-electron chi connectivity index (χ2n) is 6.72. The van der Waals surface area contributed by atoms with Gasteiger partial charge in [0.1, 0.15) is 0 Å². The molecule has 2 heterocycles. The normalized spacial score (nSPS) is 20.1. The van der Waals surface area contributed by atoms with Gasteiger partial charge in [-0.1, -0.05) is 12.1 Å². The first-order valence-electron chi connectivity index (χ1n) is 7.87. The van der Waals surface area contributed by atoms with Crippen molar-refractivity contribution in [1.82, 2.24) is 25.2 Å². The Morgan fingerprint density at radius 1 is 1.33 bits per heavy atom. The predicted octanol–water partition coefficient (Wildman–Crippen LogP) is 2.42. The van der Waals surface area contributed by atoms with Crippen molar-refractivity contribution in [3.8, 4) is 0 Å². The van der Waals surface area contributed by atoms with Gasteiger partial charge < -0.3 is 5.32 Å². The molecule has 2 rings (SSSR count). The van der Waals surface area contributed by atoms with Crippen LogP contribution in [0.15, 0.2) is 6.20 Å². The molecule has 21 heavy (non-hydrogen) atoms. The van der Waals surface area contributed by atoms with Crippen molar-refractivity contribution in [1.29, 1.82) is 0 Å². The van der Waals surface area contributed by atoms with Crippen molar-refractivity contribution in [3.63, 3.8) is 0 Å². The predicted molar refractivity (Wildman–Crippen MR) is 88.9 cm³/mol. The zero-order chi connectivity index (χ0) is 14.6. The van der Waals surface area contributed by atoms with E-state index in [4.69, 9.17) is 0 Å². The molecule has 1 aromatic rings. The van der Waals surface area contributed by atoms with E-state index in [0.29, 0.717) is 6.04 Å². The van der Waals surface area contributed by atoms with Crippen LogP contribution in [0.3, 0.4) is 0 Å². The van der Waals surface area contributed by atoms with Gasteiger partial charge in [0.05, 0.1) is 17.4 Å². The molecule has 0 amide bonds. The van der Waals surface area contributed by atoms with Crippen molar-refractivity contribution in [3.05, 3.63) is 11.9 Å². The van der Waals surface area contributed by atoms with Crippen LogP contribution in [0.5, 0.6) is 0 Å². The molecule has 1 aliphatic rings. The van der Waals surface area contributed by atoms with E-state index >= 15 is 0 Å². The summed E-state index contributed by atoms with van der Waals surface area (Å²) in [6.45, 7) is 13.0. The Balaban J connectivity index is 0.00000220. The number of nitrogens with zero attached hydrogens (tertiary/aromatic N) is 4. The fraction of sp³-hybridized carbons (Fsp3) is 0.867. The van der Waals surface area contributed by atoms with Crippen molar-refractivity contribution in [2.45, 2.75) is 65.1 Å². The molecule has 0 saturated carbocycles. The second kappa shape index (κ2) is 8.11. The molecule has 1 saturated heterocycles. The highest BCUT2D eigenvalue weighted by Gasteiger charge is 2.21. The van der Waals surface area contributed by atoms with Crippen LogP contribution in [0.2, 0.25) is 0 Å². The lowest BCUT2D eigenvalue weighted by Gasteiger charge is -2.29. The molecule has 1 unspecified atom stereocenters. The molecular formula is C15H30ClN5. The molecule has 0 aromatic carbocycles. The van der Waals surface area contributed by atoms with Crippen LogP contribution in [-0.2, 0) is 12.1 Å². The fourth-order valence-corrected chi connectivity index (χ4v) is 2.77. The van der Waals surface area contributed by atoms with Gasteiger partial charge in [-0.25, -0.2) is 4.68 Å². The van der Waals surface area contributed by atoms with Gasteiger partial charge in [-0.05, 0) is 59.7 Å². The van der Waals surface area contributed by atoms with Gasteiger partial charge in [0, 0.05) is 12.6 Å². The van der Waals surface area contributed by atoms with Gasteiger partial charge in [-0.15, -0.1) is 17.5 Å². The van der Waals surface area contributed by atoms with Gasteiger partial charge >= 0.3 is 0 Å². The summed E-state index contributed by atoms with van der Waals surface area (Å²) >= 11 is 0. The van der Waals surface area contributed by atoms with Gasteiger partial charge in [0.2, 0.25) is 0 Å². The number of halogens is 1. The summed E-state index contributed by atoms with van der Waals surface area (Å²) in [6, 6.07) is 0.676. The summed E-state index contributed by atoms with van der Waals surface area (Å²) < 4.78 is 1.96. The molecule has 122 valence electrons. The maximum Gasteiger partial charge on any atom is 0.0967 e. The summed E-state index contributed by atoms with van der Waals surface area (Å²) in [6.07, 6.45) is 5.89. The lowest BCUT2D eigenvalue weighted by molar-refractivity contribution is 0.180. The largest absolute Gasteiger partial charge is 0.317 e. The summed E-state index contributed by atoms with van der Waals surface area (Å²) in [4.78, 5) is 2.55. The Morgan fingerprint density at radius 2 is 2.10 bits per heavy atom. The molecule has 6 heteroatoms. The van der Waals surface area contributed by atoms with Crippen LogP contribution in [0.1, 0.15) is 52.7 Å². The SMILES string of the molecule is CCN(Cc1cn(C(C)(C)C)nn1)C1CCCNCC1.Cl. The lowest BCUT2D eigenvalue weighted by atomic mass is 10.1. The smallest absolute Gasteiger partial charge is 0.0967 e. The van der Waals surface area contributed by atoms with Crippen molar-refractivity contribution < 1.29 is 0 Å². The first kappa shape index (κ1) is 18.4. The van der Waals surface area contributed by atoms with E-state index in [1.165, 1.54) is 19.3 Å². The molecule has 5 nitrogen and oxygen atoms in total. The van der Waals surface area contributed by atoms with Crippen molar-refractivity contribution in [2.75, 3.05) is 19.6 Å². The van der Waals surface area contributed by atoms with Gasteiger partial charge in [-0.2, -0.15) is 0 Å². The minimum atomic E-state index is 0. The standard InChI is InChI=1S/C15H29N5.ClH/c1-5-19(14-7-6-9-16-10-8-14)11-13-12-20(18-17-13)15(2,3)4;/h12,14,16H,5-11H2,1-4H3;1H. The summed E-state index contributed by atoms with van der Waals surface area (Å²) in [5.41, 5.74) is 1.09. The van der Waals surface area contributed by atoms with Gasteiger partial charge in [0.15, 0.2) is 0 Å². The van der Waals surface area contributed by atoms with Crippen LogP contribution in [0, 0.1) is 0 Å². The molecule has 1 aromatic heterocycles. The average molecular weight is 316 g/mol. The van der Waals surface area contributed by atoms with Crippen molar-refractivity contribution >= 4 is 12.4 Å². The van der Waals surface area contributed by atoms with Crippen LogP contribution in [-0.4, -0.2) is 45.6 Å². The average Bonchev–Trinajstić information content (AvgIpc) is 2.71. The zero-order valence-electron chi connectivity index (χ0n) is 13.8. The van der Waals surface area contributed by atoms with E-state index < -0.39 is 0 Å². The Kier molecular flexibility index (Phi) is 7.10. The minimum Gasteiger partial charge on any atom is -0.317 e. The Bertz CT molecular complexity index is 404. The highest BCUT2D eigenvalue weighted by molar-refractivity contribution is 5.85. The Morgan fingerprint density at radius 3 is 2.71 bits per heavy atom. The van der Waals surface area contributed by atoms with Gasteiger partial charge in [-0.3, -0.25) is 4.90 Å². The third-order valence-electron chi connectivity index (χ3n) is 4.06. The van der Waals surface area contributed by atoms with E-state index in [1.807, 2.05) is 4.68 Å². The molecule has 1 fully saturated rings. The first-order valence-corrected chi connectivity index (χ1v) is 7.87. The fourth-order valence-electron chi connectivity index (χ4n) is 2.77. The van der Waals surface area contributed by atoms with E-state index in [-0.39, 0.29) is 17.9 Å². The van der Waals surface area contributed by atoms with Gasteiger partial charge in [0.25, 0.3) is 0 Å². The molecule has 0 radical (unpaired) electrons. The topological polar surface area (TPSA) is 46.0 Å². The van der Waals surface area contributed by atoms with Crippen LogP contribution < -0.4 is 5.32 Å². The Hall–Kier alpha value is -0.650. The molecular weight excluding hydrogens is 286 g/mol. The first-order chi connectivity index (χ1) is 9.50. The van der Waals surface area contributed by atoms with Crippen LogP contribution >= 0.6 is 12.4 Å². The van der Waals surface area contributed by atoms with E-state index in [2.05, 4.69) is 54.4 Å². The lowest BCUT2D eigenvalue weighted by Crippen LogP contribution is -2.35. The molecule has 0 aliphatic carbocycles. The molecule has 0 spiro atoms. The highest BCUT2D eigenvalue weighted by Crippen LogP contribution is 2.17. The quantitative estimate of drug-likeness (QED) is 0.927. The van der Waals surface area contributed by atoms with Crippen LogP contribution in [0.4, 0.5) is 0 Å². The Labute approximate surface area is 134 Å². The van der Waals surface area contributed by atoms with Crippen LogP contribution in [0.25, 0.3) is 0 Å². The van der Waals surface area contributed by atoms with E-state index in [9.17, 15) is 0 Å². The minimum absolute atomic E-state index is 0. The molecule has 0 bridgehead atoms. The number of hydrogen-bond acceptors (Lipinski definition) is 4. The van der Waals surface area contributed by atoms with E-state index in [0.717, 1.165) is 31.9 Å². The maximum atomic E-state index is 4.34. The summed E-state index contributed by atoms with van der Waals surface area (Å²) in [5, 5.41) is 12.1. The third kappa shape index (κ3) is 5.24. The number of rotatable bonds is 4.